The average molecular weight is 315 g/mol. The van der Waals surface area contributed by atoms with Gasteiger partial charge in [-0.05, 0) is 54.7 Å². The van der Waals surface area contributed by atoms with Crippen molar-refractivity contribution < 1.29 is 9.47 Å². The largest absolute Gasteiger partial charge is 0.497 e. The first-order valence-electron chi connectivity index (χ1n) is 9.32. The Balaban J connectivity index is 1.46. The summed E-state index contributed by atoms with van der Waals surface area (Å²) in [5.41, 5.74) is 1.49. The Morgan fingerprint density at radius 3 is 2.57 bits per heavy atom. The molecule has 4 rings (SSSR count). The van der Waals surface area contributed by atoms with Crippen LogP contribution >= 0.6 is 0 Å². The monoisotopic (exact) mass is 315 g/mol. The van der Waals surface area contributed by atoms with Gasteiger partial charge in [-0.15, -0.1) is 0 Å². The van der Waals surface area contributed by atoms with Gasteiger partial charge in [0.05, 0.1) is 13.7 Å². The highest BCUT2D eigenvalue weighted by Gasteiger charge is 2.50. The van der Waals surface area contributed by atoms with Crippen LogP contribution in [-0.4, -0.2) is 32.9 Å². The number of ether oxygens (including phenoxy) is 2. The molecule has 3 fully saturated rings. The van der Waals surface area contributed by atoms with E-state index >= 15 is 0 Å². The predicted molar refractivity (Wildman–Crippen MR) is 91.9 cm³/mol. The van der Waals surface area contributed by atoms with Gasteiger partial charge in [0, 0.05) is 25.1 Å². The lowest BCUT2D eigenvalue weighted by molar-refractivity contribution is 0.0240. The summed E-state index contributed by atoms with van der Waals surface area (Å²) in [6.45, 7) is 3.02. The van der Waals surface area contributed by atoms with Gasteiger partial charge in [0.1, 0.15) is 5.75 Å². The van der Waals surface area contributed by atoms with Gasteiger partial charge in [-0.2, -0.15) is 0 Å². The molecule has 1 saturated heterocycles. The quantitative estimate of drug-likeness (QED) is 0.900. The van der Waals surface area contributed by atoms with E-state index in [1.807, 2.05) is 0 Å². The SMILES string of the molecule is COc1ccc([C@H]2[C@@H]3CCCC[C@@H]3[C@@H]2NC[C@H]2CCOC2)cc1. The molecule has 3 aliphatic rings. The third-order valence-corrected chi connectivity index (χ3v) is 6.35. The summed E-state index contributed by atoms with van der Waals surface area (Å²) in [5, 5.41) is 3.93. The van der Waals surface area contributed by atoms with Gasteiger partial charge < -0.3 is 14.8 Å². The van der Waals surface area contributed by atoms with E-state index in [-0.39, 0.29) is 0 Å². The fourth-order valence-corrected chi connectivity index (χ4v) is 5.07. The molecule has 3 nitrogen and oxygen atoms in total. The molecule has 0 spiro atoms. The minimum absolute atomic E-state index is 0.661. The molecule has 1 heterocycles. The summed E-state index contributed by atoms with van der Waals surface area (Å²) in [6.07, 6.45) is 6.88. The van der Waals surface area contributed by atoms with Gasteiger partial charge in [-0.25, -0.2) is 0 Å². The first-order valence-corrected chi connectivity index (χ1v) is 9.32. The summed E-state index contributed by atoms with van der Waals surface area (Å²) in [4.78, 5) is 0. The van der Waals surface area contributed by atoms with Crippen LogP contribution in [0.4, 0.5) is 0 Å². The molecule has 0 amide bonds. The van der Waals surface area contributed by atoms with E-state index in [2.05, 4.69) is 29.6 Å². The van der Waals surface area contributed by atoms with E-state index in [0.29, 0.717) is 17.9 Å². The second-order valence-corrected chi connectivity index (χ2v) is 7.57. The number of benzene rings is 1. The molecule has 0 bridgehead atoms. The first kappa shape index (κ1) is 15.5. The molecule has 5 atom stereocenters. The highest BCUT2D eigenvalue weighted by Crippen LogP contribution is 2.54. The summed E-state index contributed by atoms with van der Waals surface area (Å²) < 4.78 is 10.9. The van der Waals surface area contributed by atoms with Crippen LogP contribution in [0.5, 0.6) is 5.75 Å². The minimum Gasteiger partial charge on any atom is -0.497 e. The Bertz CT molecular complexity index is 509. The Morgan fingerprint density at radius 1 is 1.09 bits per heavy atom. The van der Waals surface area contributed by atoms with E-state index in [9.17, 15) is 0 Å². The van der Waals surface area contributed by atoms with Crippen LogP contribution in [0.2, 0.25) is 0 Å². The van der Waals surface area contributed by atoms with Crippen LogP contribution < -0.4 is 10.1 Å². The van der Waals surface area contributed by atoms with E-state index in [4.69, 9.17) is 9.47 Å². The van der Waals surface area contributed by atoms with Crippen molar-refractivity contribution in [3.05, 3.63) is 29.8 Å². The molecule has 23 heavy (non-hydrogen) atoms. The Labute approximate surface area is 139 Å². The normalized spacial score (nSPS) is 36.3. The van der Waals surface area contributed by atoms with Gasteiger partial charge in [0.2, 0.25) is 0 Å². The maximum atomic E-state index is 5.53. The fourth-order valence-electron chi connectivity index (χ4n) is 5.07. The molecular formula is C20H29NO2. The Kier molecular flexibility index (Phi) is 4.59. The van der Waals surface area contributed by atoms with Gasteiger partial charge >= 0.3 is 0 Å². The highest BCUT2D eigenvalue weighted by molar-refractivity contribution is 5.33. The summed E-state index contributed by atoms with van der Waals surface area (Å²) >= 11 is 0. The molecule has 1 aromatic carbocycles. The number of rotatable bonds is 5. The smallest absolute Gasteiger partial charge is 0.118 e. The molecule has 1 aromatic rings. The van der Waals surface area contributed by atoms with E-state index in [0.717, 1.165) is 37.3 Å². The van der Waals surface area contributed by atoms with Crippen molar-refractivity contribution in [3.8, 4) is 5.75 Å². The van der Waals surface area contributed by atoms with Crippen LogP contribution in [0.15, 0.2) is 24.3 Å². The molecule has 0 aromatic heterocycles. The fraction of sp³-hybridized carbons (Fsp3) is 0.700. The van der Waals surface area contributed by atoms with Gasteiger partial charge in [-0.1, -0.05) is 25.0 Å². The maximum absolute atomic E-state index is 5.53. The minimum atomic E-state index is 0.661. The molecule has 1 N–H and O–H groups in total. The average Bonchev–Trinajstić information content (AvgIpc) is 3.10. The highest BCUT2D eigenvalue weighted by atomic mass is 16.5. The number of fused-ring (bicyclic) bond motifs is 1. The van der Waals surface area contributed by atoms with Crippen LogP contribution in [-0.2, 0) is 4.74 Å². The zero-order valence-electron chi connectivity index (χ0n) is 14.2. The lowest BCUT2D eigenvalue weighted by Gasteiger charge is -2.55. The Morgan fingerprint density at radius 2 is 1.87 bits per heavy atom. The standard InChI is InChI=1S/C20H29NO2/c1-22-16-8-6-15(7-9-16)19-17-4-2-3-5-18(17)20(19)21-12-14-10-11-23-13-14/h6-9,14,17-21H,2-5,10-13H2,1H3/t14-,17-,18+,19+,20+/m1/s1. The topological polar surface area (TPSA) is 30.5 Å². The zero-order valence-corrected chi connectivity index (χ0v) is 14.2. The van der Waals surface area contributed by atoms with Crippen molar-refractivity contribution >= 4 is 0 Å². The van der Waals surface area contributed by atoms with Crippen molar-refractivity contribution in [2.75, 3.05) is 26.9 Å². The van der Waals surface area contributed by atoms with E-state index in [1.165, 1.54) is 37.7 Å². The summed E-state index contributed by atoms with van der Waals surface area (Å²) in [7, 11) is 1.74. The Hall–Kier alpha value is -1.06. The van der Waals surface area contributed by atoms with Crippen molar-refractivity contribution in [2.24, 2.45) is 17.8 Å². The number of methoxy groups -OCH3 is 1. The first-order chi connectivity index (χ1) is 11.4. The molecule has 0 unspecified atom stereocenters. The van der Waals surface area contributed by atoms with Gasteiger partial charge in [-0.3, -0.25) is 0 Å². The van der Waals surface area contributed by atoms with Crippen molar-refractivity contribution in [3.63, 3.8) is 0 Å². The van der Waals surface area contributed by atoms with E-state index in [1.54, 1.807) is 7.11 Å². The lowest BCUT2D eigenvalue weighted by Crippen LogP contribution is -2.58. The molecule has 126 valence electrons. The summed E-state index contributed by atoms with van der Waals surface area (Å²) in [5.74, 6) is 4.14. The number of hydrogen-bond acceptors (Lipinski definition) is 3. The van der Waals surface area contributed by atoms with Crippen molar-refractivity contribution in [1.29, 1.82) is 0 Å². The summed E-state index contributed by atoms with van der Waals surface area (Å²) in [6, 6.07) is 9.46. The van der Waals surface area contributed by atoms with Gasteiger partial charge in [0.25, 0.3) is 0 Å². The molecule has 3 heteroatoms. The van der Waals surface area contributed by atoms with Crippen LogP contribution in [0.25, 0.3) is 0 Å². The molecule has 2 aliphatic carbocycles. The van der Waals surface area contributed by atoms with Crippen molar-refractivity contribution in [2.45, 2.75) is 44.1 Å². The zero-order chi connectivity index (χ0) is 15.6. The van der Waals surface area contributed by atoms with Crippen molar-refractivity contribution in [1.82, 2.24) is 5.32 Å². The molecular weight excluding hydrogens is 286 g/mol. The maximum Gasteiger partial charge on any atom is 0.118 e. The second-order valence-electron chi connectivity index (χ2n) is 7.57. The van der Waals surface area contributed by atoms with E-state index < -0.39 is 0 Å². The third kappa shape index (κ3) is 3.01. The van der Waals surface area contributed by atoms with Crippen LogP contribution in [0.3, 0.4) is 0 Å². The third-order valence-electron chi connectivity index (χ3n) is 6.35. The predicted octanol–water partition coefficient (Wildman–Crippen LogP) is 3.59. The van der Waals surface area contributed by atoms with Crippen LogP contribution in [0, 0.1) is 17.8 Å². The lowest BCUT2D eigenvalue weighted by atomic mass is 9.53. The number of hydrogen-bond donors (Lipinski definition) is 1. The molecule has 0 radical (unpaired) electrons. The molecule has 1 aliphatic heterocycles. The molecule has 2 saturated carbocycles. The van der Waals surface area contributed by atoms with Gasteiger partial charge in [0.15, 0.2) is 0 Å². The number of nitrogens with one attached hydrogen (secondary N) is 1. The van der Waals surface area contributed by atoms with Crippen LogP contribution in [0.1, 0.15) is 43.6 Å². The second kappa shape index (κ2) is 6.82.